The summed E-state index contributed by atoms with van der Waals surface area (Å²) in [7, 11) is 0. The van der Waals surface area contributed by atoms with Crippen molar-refractivity contribution in [1.29, 1.82) is 0 Å². The zero-order valence-corrected chi connectivity index (χ0v) is 16.7. The highest BCUT2D eigenvalue weighted by molar-refractivity contribution is 5.43. The Labute approximate surface area is 166 Å². The summed E-state index contributed by atoms with van der Waals surface area (Å²) in [6.45, 7) is 5.74. The number of benzene rings is 3. The van der Waals surface area contributed by atoms with Gasteiger partial charge in [-0.2, -0.15) is 0 Å². The first-order valence-corrected chi connectivity index (χ1v) is 9.72. The van der Waals surface area contributed by atoms with Crippen LogP contribution in [0.1, 0.15) is 52.1 Å². The Hall–Kier alpha value is -2.94. The summed E-state index contributed by atoms with van der Waals surface area (Å²) in [5.41, 5.74) is 6.19. The van der Waals surface area contributed by atoms with Crippen molar-refractivity contribution >= 4 is 0 Å². The molecule has 0 spiro atoms. The van der Waals surface area contributed by atoms with Crippen LogP contribution in [-0.4, -0.2) is 15.3 Å². The first kappa shape index (κ1) is 19.8. The lowest BCUT2D eigenvalue weighted by Crippen LogP contribution is -2.03. The van der Waals surface area contributed by atoms with E-state index in [4.69, 9.17) is 0 Å². The fourth-order valence-corrected chi connectivity index (χ4v) is 3.70. The van der Waals surface area contributed by atoms with Crippen LogP contribution < -0.4 is 0 Å². The van der Waals surface area contributed by atoms with Gasteiger partial charge in [0.15, 0.2) is 0 Å². The number of hydrogen-bond donors (Lipinski definition) is 3. The maximum atomic E-state index is 9.90. The van der Waals surface area contributed by atoms with E-state index in [1.807, 2.05) is 57.2 Å². The van der Waals surface area contributed by atoms with Gasteiger partial charge >= 0.3 is 0 Å². The number of aryl methyl sites for hydroxylation is 4. The standard InChI is InChI=1S/C25H28O3/c1-16-13-19(7-10-23(16)26)5-4-6-22(20-8-11-24(27)17(2)14-20)21-9-12-25(28)18(3)15-21/h7-15,22,26-28H,4-6H2,1-3H3. The van der Waals surface area contributed by atoms with Crippen molar-refractivity contribution in [3.63, 3.8) is 0 Å². The Morgan fingerprint density at radius 2 is 1.11 bits per heavy atom. The smallest absolute Gasteiger partial charge is 0.118 e. The van der Waals surface area contributed by atoms with Crippen LogP contribution in [0.15, 0.2) is 54.6 Å². The molecule has 0 fully saturated rings. The molecule has 3 aromatic rings. The van der Waals surface area contributed by atoms with E-state index in [1.54, 1.807) is 18.2 Å². The number of aromatic hydroxyl groups is 3. The molecule has 0 aliphatic heterocycles. The SMILES string of the molecule is Cc1cc(CCCC(c2ccc(O)c(C)c2)c2ccc(O)c(C)c2)ccc1O. The lowest BCUT2D eigenvalue weighted by atomic mass is 9.85. The highest BCUT2D eigenvalue weighted by Crippen LogP contribution is 2.34. The molecule has 0 aromatic heterocycles. The Bertz CT molecular complexity index is 924. The number of phenols is 3. The summed E-state index contributed by atoms with van der Waals surface area (Å²) in [5, 5.41) is 29.5. The average molecular weight is 376 g/mol. The van der Waals surface area contributed by atoms with Crippen LogP contribution in [0.5, 0.6) is 17.2 Å². The molecule has 0 saturated carbocycles. The van der Waals surface area contributed by atoms with E-state index in [1.165, 1.54) is 16.7 Å². The molecule has 0 bridgehead atoms. The maximum Gasteiger partial charge on any atom is 0.118 e. The van der Waals surface area contributed by atoms with E-state index in [0.717, 1.165) is 36.0 Å². The van der Waals surface area contributed by atoms with Crippen molar-refractivity contribution < 1.29 is 15.3 Å². The molecule has 0 heterocycles. The minimum atomic E-state index is 0.191. The summed E-state index contributed by atoms with van der Waals surface area (Å²) in [6.07, 6.45) is 2.88. The summed E-state index contributed by atoms with van der Waals surface area (Å²) in [6, 6.07) is 17.4. The van der Waals surface area contributed by atoms with Crippen LogP contribution >= 0.6 is 0 Å². The van der Waals surface area contributed by atoms with Crippen molar-refractivity contribution in [2.75, 3.05) is 0 Å². The van der Waals surface area contributed by atoms with E-state index in [9.17, 15) is 15.3 Å². The van der Waals surface area contributed by atoms with Crippen LogP contribution in [0, 0.1) is 20.8 Å². The van der Waals surface area contributed by atoms with E-state index < -0.39 is 0 Å². The quantitative estimate of drug-likeness (QED) is 0.503. The normalized spacial score (nSPS) is 11.1. The van der Waals surface area contributed by atoms with Gasteiger partial charge in [-0.15, -0.1) is 0 Å². The van der Waals surface area contributed by atoms with Crippen molar-refractivity contribution in [2.45, 2.75) is 46.0 Å². The first-order valence-electron chi connectivity index (χ1n) is 9.72. The molecule has 3 nitrogen and oxygen atoms in total. The molecule has 3 heteroatoms. The highest BCUT2D eigenvalue weighted by atomic mass is 16.3. The van der Waals surface area contributed by atoms with Gasteiger partial charge < -0.3 is 15.3 Å². The fraction of sp³-hybridized carbons (Fsp3) is 0.280. The number of rotatable bonds is 6. The molecule has 3 rings (SSSR count). The second-order valence-corrected chi connectivity index (χ2v) is 7.66. The molecule has 3 aromatic carbocycles. The third kappa shape index (κ3) is 4.48. The van der Waals surface area contributed by atoms with Gasteiger partial charge in [0.25, 0.3) is 0 Å². The second kappa shape index (κ2) is 8.39. The minimum Gasteiger partial charge on any atom is -0.508 e. The topological polar surface area (TPSA) is 60.7 Å². The second-order valence-electron chi connectivity index (χ2n) is 7.66. The van der Waals surface area contributed by atoms with Gasteiger partial charge in [0.05, 0.1) is 0 Å². The predicted octanol–water partition coefficient (Wildman–Crippen LogP) is 5.88. The van der Waals surface area contributed by atoms with Gasteiger partial charge in [-0.3, -0.25) is 0 Å². The molecule has 0 unspecified atom stereocenters. The van der Waals surface area contributed by atoms with Crippen LogP contribution in [0.3, 0.4) is 0 Å². The highest BCUT2D eigenvalue weighted by Gasteiger charge is 2.16. The summed E-state index contributed by atoms with van der Waals surface area (Å²) < 4.78 is 0. The largest absolute Gasteiger partial charge is 0.508 e. The molecule has 3 N–H and O–H groups in total. The Morgan fingerprint density at radius 3 is 1.57 bits per heavy atom. The van der Waals surface area contributed by atoms with Crippen LogP contribution in [0.25, 0.3) is 0 Å². The molecular weight excluding hydrogens is 348 g/mol. The van der Waals surface area contributed by atoms with Crippen LogP contribution in [0.2, 0.25) is 0 Å². The van der Waals surface area contributed by atoms with Crippen molar-refractivity contribution in [3.05, 3.63) is 88.0 Å². The van der Waals surface area contributed by atoms with Crippen LogP contribution in [0.4, 0.5) is 0 Å². The number of hydrogen-bond acceptors (Lipinski definition) is 3. The Morgan fingerprint density at radius 1 is 0.643 bits per heavy atom. The minimum absolute atomic E-state index is 0.191. The molecule has 0 radical (unpaired) electrons. The molecule has 0 amide bonds. The van der Waals surface area contributed by atoms with Crippen molar-refractivity contribution in [3.8, 4) is 17.2 Å². The van der Waals surface area contributed by atoms with Crippen molar-refractivity contribution in [2.24, 2.45) is 0 Å². The third-order valence-corrected chi connectivity index (χ3v) is 5.47. The lowest BCUT2D eigenvalue weighted by molar-refractivity contribution is 0.469. The zero-order chi connectivity index (χ0) is 20.3. The summed E-state index contributed by atoms with van der Waals surface area (Å²) in [4.78, 5) is 0. The van der Waals surface area contributed by atoms with Gasteiger partial charge in [-0.05, 0) is 91.6 Å². The molecule has 0 saturated heterocycles. The summed E-state index contributed by atoms with van der Waals surface area (Å²) in [5.74, 6) is 1.14. The molecule has 0 atom stereocenters. The average Bonchev–Trinajstić information content (AvgIpc) is 2.66. The lowest BCUT2D eigenvalue weighted by Gasteiger charge is -2.20. The first-order chi connectivity index (χ1) is 13.3. The number of phenolic OH excluding ortho intramolecular Hbond substituents is 3. The van der Waals surface area contributed by atoms with E-state index >= 15 is 0 Å². The van der Waals surface area contributed by atoms with Gasteiger partial charge in [0.2, 0.25) is 0 Å². The molecule has 28 heavy (non-hydrogen) atoms. The van der Waals surface area contributed by atoms with Gasteiger partial charge in [-0.1, -0.05) is 36.4 Å². The molecule has 0 aliphatic carbocycles. The van der Waals surface area contributed by atoms with E-state index in [-0.39, 0.29) is 5.92 Å². The Balaban J connectivity index is 1.84. The molecule has 146 valence electrons. The van der Waals surface area contributed by atoms with Crippen molar-refractivity contribution in [1.82, 2.24) is 0 Å². The van der Waals surface area contributed by atoms with E-state index in [2.05, 4.69) is 0 Å². The monoisotopic (exact) mass is 376 g/mol. The zero-order valence-electron chi connectivity index (χ0n) is 16.7. The predicted molar refractivity (Wildman–Crippen MR) is 113 cm³/mol. The maximum absolute atomic E-state index is 9.90. The van der Waals surface area contributed by atoms with Gasteiger partial charge in [-0.25, -0.2) is 0 Å². The third-order valence-electron chi connectivity index (χ3n) is 5.47. The van der Waals surface area contributed by atoms with Gasteiger partial charge in [0.1, 0.15) is 17.2 Å². The van der Waals surface area contributed by atoms with Crippen LogP contribution in [-0.2, 0) is 6.42 Å². The molecule has 0 aliphatic rings. The van der Waals surface area contributed by atoms with E-state index in [0.29, 0.717) is 17.2 Å². The Kier molecular flexibility index (Phi) is 5.93. The summed E-state index contributed by atoms with van der Waals surface area (Å²) >= 11 is 0. The fourth-order valence-electron chi connectivity index (χ4n) is 3.70. The molecular formula is C25H28O3. The van der Waals surface area contributed by atoms with Gasteiger partial charge in [0, 0.05) is 5.92 Å².